The zero-order valence-corrected chi connectivity index (χ0v) is 33.6. The monoisotopic (exact) mass is 818 g/mol. The van der Waals surface area contributed by atoms with Crippen LogP contribution in [0.4, 0.5) is 0 Å². The average Bonchev–Trinajstić information content (AvgIpc) is 3.27. The predicted octanol–water partition coefficient (Wildman–Crippen LogP) is 6.22. The summed E-state index contributed by atoms with van der Waals surface area (Å²) in [5, 5.41) is 8.62. The number of carbonyl (C=O) groups is 1. The van der Waals surface area contributed by atoms with E-state index in [1.54, 1.807) is 0 Å². The second-order valence-electron chi connectivity index (χ2n) is 13.6. The minimum Gasteiger partial charge on any atom is -0.481 e. The highest BCUT2D eigenvalue weighted by Crippen LogP contribution is 2.31. The van der Waals surface area contributed by atoms with Crippen molar-refractivity contribution in [1.82, 2.24) is 0 Å². The molecule has 4 aromatic carbocycles. The summed E-state index contributed by atoms with van der Waals surface area (Å²) in [4.78, 5) is 10.5. The van der Waals surface area contributed by atoms with Gasteiger partial charge in [-0.1, -0.05) is 121 Å². The first kappa shape index (κ1) is 46.0. The summed E-state index contributed by atoms with van der Waals surface area (Å²) in [5.41, 5.74) is 4.07. The molecule has 1 fully saturated rings. The summed E-state index contributed by atoms with van der Waals surface area (Å²) in [6.07, 6.45) is -3.37. The fraction of sp³-hybridized carbons (Fsp3) is 0.457. The van der Waals surface area contributed by atoms with Crippen LogP contribution in [0.1, 0.15) is 28.7 Å². The van der Waals surface area contributed by atoms with E-state index in [-0.39, 0.29) is 33.0 Å². The Kier molecular flexibility index (Phi) is 22.1. The van der Waals surface area contributed by atoms with Crippen LogP contribution in [0.25, 0.3) is 0 Å². The van der Waals surface area contributed by atoms with Gasteiger partial charge in [0.25, 0.3) is 0 Å². The third-order valence-electron chi connectivity index (χ3n) is 9.10. The maximum Gasteiger partial charge on any atom is 0.305 e. The van der Waals surface area contributed by atoms with E-state index in [0.29, 0.717) is 72.7 Å². The third-order valence-corrected chi connectivity index (χ3v) is 9.10. The minimum absolute atomic E-state index is 0.0234. The summed E-state index contributed by atoms with van der Waals surface area (Å²) < 4.78 is 67.0. The van der Waals surface area contributed by atoms with Gasteiger partial charge in [0.1, 0.15) is 31.2 Å². The van der Waals surface area contributed by atoms with Crippen molar-refractivity contribution in [2.24, 2.45) is 0 Å². The quantitative estimate of drug-likeness (QED) is 0.0455. The van der Waals surface area contributed by atoms with Crippen LogP contribution in [-0.4, -0.2) is 115 Å². The van der Waals surface area contributed by atoms with Crippen LogP contribution in [0.5, 0.6) is 0 Å². The first-order chi connectivity index (χ1) is 29.2. The molecule has 0 aliphatic carbocycles. The Hall–Kier alpha value is -4.09. The smallest absolute Gasteiger partial charge is 0.305 e. The van der Waals surface area contributed by atoms with Crippen molar-refractivity contribution in [1.29, 1.82) is 0 Å². The molecular weight excluding hydrogens is 760 g/mol. The van der Waals surface area contributed by atoms with Crippen molar-refractivity contribution in [3.05, 3.63) is 144 Å². The summed E-state index contributed by atoms with van der Waals surface area (Å²) in [5.74, 6) is -0.887. The van der Waals surface area contributed by atoms with Crippen molar-refractivity contribution >= 4 is 5.97 Å². The standard InChI is InChI=1S/C46H58O13/c47-42(48)21-22-49-23-24-50-25-26-51-27-28-52-29-30-53-36-58-46-45(57-34-40-19-11-4-12-20-40)44(56-33-39-17-9-3-10-18-39)43(55-32-38-15-7-2-8-16-38)41(59-46)35-54-31-37-13-5-1-6-14-37/h1-20,41,43-46H,21-36H2,(H,47,48)/t41-,43-,44+,45-,46+/m1/s1. The number of aliphatic carboxylic acids is 1. The van der Waals surface area contributed by atoms with E-state index in [1.807, 2.05) is 121 Å². The zero-order valence-electron chi connectivity index (χ0n) is 33.6. The first-order valence-corrected chi connectivity index (χ1v) is 20.1. The van der Waals surface area contributed by atoms with Crippen LogP contribution in [0.3, 0.4) is 0 Å². The van der Waals surface area contributed by atoms with Gasteiger partial charge in [0, 0.05) is 0 Å². The molecule has 1 aliphatic heterocycles. The Morgan fingerprint density at radius 1 is 0.441 bits per heavy atom. The second kappa shape index (κ2) is 28.4. The van der Waals surface area contributed by atoms with Crippen LogP contribution in [0, 0.1) is 0 Å². The molecule has 0 unspecified atom stereocenters. The molecule has 0 radical (unpaired) electrons. The Bertz CT molecular complexity index is 1630. The van der Waals surface area contributed by atoms with E-state index >= 15 is 0 Å². The maximum atomic E-state index is 10.5. The fourth-order valence-corrected chi connectivity index (χ4v) is 6.09. The van der Waals surface area contributed by atoms with Gasteiger partial charge in [-0.2, -0.15) is 0 Å². The summed E-state index contributed by atoms with van der Waals surface area (Å²) in [6.45, 7) is 4.59. The van der Waals surface area contributed by atoms with E-state index in [2.05, 4.69) is 0 Å². The normalized spacial score (nSPS) is 19.2. The van der Waals surface area contributed by atoms with Crippen LogP contribution in [-0.2, 0) is 83.3 Å². The second-order valence-corrected chi connectivity index (χ2v) is 13.6. The van der Waals surface area contributed by atoms with E-state index in [9.17, 15) is 4.79 Å². The molecule has 0 aromatic heterocycles. The van der Waals surface area contributed by atoms with Crippen LogP contribution < -0.4 is 0 Å². The van der Waals surface area contributed by atoms with Crippen LogP contribution in [0.2, 0.25) is 0 Å². The van der Waals surface area contributed by atoms with Crippen molar-refractivity contribution in [3.63, 3.8) is 0 Å². The molecule has 0 spiro atoms. The Morgan fingerprint density at radius 3 is 1.29 bits per heavy atom. The molecule has 1 aliphatic rings. The van der Waals surface area contributed by atoms with Crippen molar-refractivity contribution < 1.29 is 62.0 Å². The minimum atomic E-state index is -0.887. The Morgan fingerprint density at radius 2 is 0.831 bits per heavy atom. The number of benzene rings is 4. The van der Waals surface area contributed by atoms with E-state index in [0.717, 1.165) is 22.3 Å². The molecule has 0 saturated carbocycles. The molecule has 0 amide bonds. The van der Waals surface area contributed by atoms with E-state index < -0.39 is 36.7 Å². The molecule has 0 bridgehead atoms. The topological polar surface area (TPSA) is 139 Å². The molecular formula is C46H58O13. The van der Waals surface area contributed by atoms with Gasteiger partial charge in [0.2, 0.25) is 0 Å². The van der Waals surface area contributed by atoms with Gasteiger partial charge in [0.15, 0.2) is 6.29 Å². The number of carboxylic acids is 1. The molecule has 1 N–H and O–H groups in total. The Balaban J connectivity index is 1.17. The highest BCUT2D eigenvalue weighted by molar-refractivity contribution is 5.66. The number of hydrogen-bond acceptors (Lipinski definition) is 12. The summed E-state index contributed by atoms with van der Waals surface area (Å²) in [6, 6.07) is 39.9. The van der Waals surface area contributed by atoms with Gasteiger partial charge in [-0.15, -0.1) is 0 Å². The largest absolute Gasteiger partial charge is 0.481 e. The summed E-state index contributed by atoms with van der Waals surface area (Å²) in [7, 11) is 0. The lowest BCUT2D eigenvalue weighted by molar-refractivity contribution is -0.340. The lowest BCUT2D eigenvalue weighted by Gasteiger charge is -2.45. The molecule has 1 saturated heterocycles. The van der Waals surface area contributed by atoms with Crippen LogP contribution >= 0.6 is 0 Å². The number of rotatable bonds is 31. The molecule has 320 valence electrons. The zero-order chi connectivity index (χ0) is 41.0. The van der Waals surface area contributed by atoms with Crippen molar-refractivity contribution in [3.8, 4) is 0 Å². The molecule has 59 heavy (non-hydrogen) atoms. The number of hydrogen-bond donors (Lipinski definition) is 1. The molecule has 13 heteroatoms. The Labute approximate surface area is 347 Å². The van der Waals surface area contributed by atoms with Gasteiger partial charge in [-0.05, 0) is 22.3 Å². The molecule has 1 heterocycles. The van der Waals surface area contributed by atoms with Gasteiger partial charge < -0.3 is 57.2 Å². The fourth-order valence-electron chi connectivity index (χ4n) is 6.09. The van der Waals surface area contributed by atoms with Crippen LogP contribution in [0.15, 0.2) is 121 Å². The first-order valence-electron chi connectivity index (χ1n) is 20.1. The average molecular weight is 819 g/mol. The maximum absolute atomic E-state index is 10.5. The lowest BCUT2D eigenvalue weighted by Crippen LogP contribution is -2.61. The molecule has 13 nitrogen and oxygen atoms in total. The van der Waals surface area contributed by atoms with E-state index in [1.165, 1.54) is 0 Å². The predicted molar refractivity (Wildman–Crippen MR) is 217 cm³/mol. The third kappa shape index (κ3) is 18.4. The summed E-state index contributed by atoms with van der Waals surface area (Å²) >= 11 is 0. The van der Waals surface area contributed by atoms with Gasteiger partial charge in [-0.25, -0.2) is 0 Å². The van der Waals surface area contributed by atoms with E-state index in [4.69, 9.17) is 57.2 Å². The highest BCUT2D eigenvalue weighted by Gasteiger charge is 2.49. The lowest BCUT2D eigenvalue weighted by atomic mass is 9.97. The van der Waals surface area contributed by atoms with Gasteiger partial charge >= 0.3 is 5.97 Å². The van der Waals surface area contributed by atoms with Crippen molar-refractivity contribution in [2.45, 2.75) is 63.6 Å². The molecule has 5 rings (SSSR count). The van der Waals surface area contributed by atoms with Crippen molar-refractivity contribution in [2.75, 3.05) is 72.9 Å². The molecule has 4 aromatic rings. The van der Waals surface area contributed by atoms with Gasteiger partial charge in [-0.3, -0.25) is 4.79 Å². The molecule has 5 atom stereocenters. The highest BCUT2D eigenvalue weighted by atomic mass is 16.8. The van der Waals surface area contributed by atoms with Gasteiger partial charge in [0.05, 0.1) is 98.9 Å². The number of ether oxygens (including phenoxy) is 11. The SMILES string of the molecule is O=C(O)CCOCCOCCOCCOCCOCO[C@H]1O[C@H](COCc2ccccc2)[C@@H](OCc2ccccc2)[C@H](OCc2ccccc2)[C@H]1OCc1ccccc1. The number of carboxylic acid groups (broad SMARTS) is 1.